The molecular weight excluding hydrogens is 385 g/mol. The largest absolute Gasteiger partial charge is 0.492 e. The fourth-order valence-corrected chi connectivity index (χ4v) is 3.29. The maximum atomic E-state index is 12.0. The average Bonchev–Trinajstić information content (AvgIpc) is 2.23. The van der Waals surface area contributed by atoms with Crippen molar-refractivity contribution in [2.75, 3.05) is 6.61 Å². The number of alkyl halides is 3. The van der Waals surface area contributed by atoms with Crippen LogP contribution in [-0.2, 0) is 9.05 Å². The molecule has 0 saturated heterocycles. The summed E-state index contributed by atoms with van der Waals surface area (Å²) in [7, 11) is 1.24. The highest BCUT2D eigenvalue weighted by Gasteiger charge is 2.26. The van der Waals surface area contributed by atoms with Gasteiger partial charge in [-0.25, -0.2) is 8.42 Å². The summed E-state index contributed by atoms with van der Waals surface area (Å²) in [6, 6.07) is 2.83. The van der Waals surface area contributed by atoms with E-state index >= 15 is 0 Å². The Hall–Kier alpha value is -0.470. The van der Waals surface area contributed by atoms with Crippen molar-refractivity contribution in [3.05, 3.63) is 22.2 Å². The molecule has 0 bridgehead atoms. The third kappa shape index (κ3) is 5.49. The average molecular weight is 396 g/mol. The smallest absolute Gasteiger partial charge is 0.389 e. The van der Waals surface area contributed by atoms with Crippen LogP contribution in [0.4, 0.5) is 13.2 Å². The van der Waals surface area contributed by atoms with Gasteiger partial charge < -0.3 is 4.74 Å². The molecule has 0 amide bonds. The Morgan fingerprint density at radius 2 is 1.95 bits per heavy atom. The summed E-state index contributed by atoms with van der Waals surface area (Å²) in [5, 5.41) is 0. The van der Waals surface area contributed by atoms with Crippen LogP contribution in [0.3, 0.4) is 0 Å². The normalized spacial score (nSPS) is 12.5. The third-order valence-electron chi connectivity index (χ3n) is 2.32. The predicted octanol–water partition coefficient (Wildman–Crippen LogP) is 4.41. The lowest BCUT2D eigenvalue weighted by molar-refractivity contribution is -0.136. The lowest BCUT2D eigenvalue weighted by Gasteiger charge is -2.13. The minimum Gasteiger partial charge on any atom is -0.492 e. The van der Waals surface area contributed by atoms with E-state index in [1.54, 1.807) is 13.0 Å². The number of rotatable bonds is 5. The van der Waals surface area contributed by atoms with Crippen molar-refractivity contribution in [3.63, 3.8) is 0 Å². The van der Waals surface area contributed by atoms with Crippen molar-refractivity contribution in [2.45, 2.75) is 30.8 Å². The minimum absolute atomic E-state index is 0.0228. The first-order valence-corrected chi connectivity index (χ1v) is 8.55. The fourth-order valence-electron chi connectivity index (χ4n) is 1.51. The molecule has 0 aliphatic carbocycles. The zero-order valence-electron chi connectivity index (χ0n) is 10.3. The van der Waals surface area contributed by atoms with Crippen molar-refractivity contribution in [3.8, 4) is 5.75 Å². The van der Waals surface area contributed by atoms with Crippen molar-refractivity contribution in [2.24, 2.45) is 0 Å². The topological polar surface area (TPSA) is 43.4 Å². The van der Waals surface area contributed by atoms with Gasteiger partial charge in [0.05, 0.1) is 6.61 Å². The van der Waals surface area contributed by atoms with Crippen molar-refractivity contribution in [1.29, 1.82) is 0 Å². The van der Waals surface area contributed by atoms with E-state index in [2.05, 4.69) is 15.9 Å². The van der Waals surface area contributed by atoms with E-state index < -0.39 is 21.6 Å². The second-order valence-corrected chi connectivity index (χ2v) is 7.51. The van der Waals surface area contributed by atoms with Gasteiger partial charge in [0.1, 0.15) is 10.6 Å². The zero-order valence-corrected chi connectivity index (χ0v) is 13.5. The second kappa shape index (κ2) is 6.53. The minimum atomic E-state index is -4.26. The van der Waals surface area contributed by atoms with Crippen LogP contribution in [0.1, 0.15) is 18.4 Å². The van der Waals surface area contributed by atoms with E-state index in [4.69, 9.17) is 15.4 Å². The maximum Gasteiger partial charge on any atom is 0.389 e. The van der Waals surface area contributed by atoms with Crippen LogP contribution in [0, 0.1) is 6.92 Å². The van der Waals surface area contributed by atoms with Gasteiger partial charge in [0, 0.05) is 21.6 Å². The Bertz CT molecular complexity index is 587. The quantitative estimate of drug-likeness (QED) is 0.548. The Kier molecular flexibility index (Phi) is 5.74. The molecule has 0 saturated carbocycles. The van der Waals surface area contributed by atoms with Crippen LogP contribution >= 0.6 is 26.6 Å². The highest BCUT2D eigenvalue weighted by atomic mass is 79.9. The summed E-state index contributed by atoms with van der Waals surface area (Å²) in [5.74, 6) is -0.0228. The first-order chi connectivity index (χ1) is 9.00. The molecule has 1 aromatic rings. The monoisotopic (exact) mass is 394 g/mol. The van der Waals surface area contributed by atoms with E-state index in [0.717, 1.165) is 0 Å². The Balaban J connectivity index is 2.90. The summed E-state index contributed by atoms with van der Waals surface area (Å²) < 4.78 is 64.5. The first kappa shape index (κ1) is 17.6. The van der Waals surface area contributed by atoms with Crippen LogP contribution in [-0.4, -0.2) is 21.2 Å². The molecule has 1 rings (SSSR count). The van der Waals surface area contributed by atoms with Crippen molar-refractivity contribution in [1.82, 2.24) is 0 Å². The van der Waals surface area contributed by atoms with Gasteiger partial charge in [-0.1, -0.05) is 15.9 Å². The summed E-state index contributed by atoms with van der Waals surface area (Å²) >= 11 is 3.12. The molecule has 0 fully saturated rings. The summed E-state index contributed by atoms with van der Waals surface area (Å²) in [6.45, 7) is 1.33. The van der Waals surface area contributed by atoms with Crippen LogP contribution in [0.2, 0.25) is 0 Å². The first-order valence-electron chi connectivity index (χ1n) is 5.45. The molecule has 0 unspecified atom stereocenters. The Labute approximate surface area is 127 Å². The van der Waals surface area contributed by atoms with Crippen molar-refractivity contribution >= 4 is 35.7 Å². The van der Waals surface area contributed by atoms with Gasteiger partial charge in [-0.15, -0.1) is 0 Å². The van der Waals surface area contributed by atoms with Gasteiger partial charge in [-0.2, -0.15) is 13.2 Å². The third-order valence-corrected chi connectivity index (χ3v) is 4.10. The standard InChI is InChI=1S/C11H11BrClF3O3S/c1-7-5-8(12)6-9(20(13,17)18)10(7)19-4-2-3-11(14,15)16/h5-6H,2-4H2,1H3. The fraction of sp³-hybridized carbons (Fsp3) is 0.455. The number of aryl methyl sites for hydroxylation is 1. The van der Waals surface area contributed by atoms with Crippen LogP contribution in [0.15, 0.2) is 21.5 Å². The highest BCUT2D eigenvalue weighted by molar-refractivity contribution is 9.10. The number of halogens is 5. The molecule has 0 spiro atoms. The second-order valence-electron chi connectivity index (χ2n) is 4.05. The molecular formula is C11H11BrClF3O3S. The lowest BCUT2D eigenvalue weighted by atomic mass is 10.2. The van der Waals surface area contributed by atoms with E-state index in [0.29, 0.717) is 10.0 Å². The number of hydrogen-bond acceptors (Lipinski definition) is 3. The van der Waals surface area contributed by atoms with Crippen molar-refractivity contribution < 1.29 is 26.3 Å². The van der Waals surface area contributed by atoms with E-state index in [1.165, 1.54) is 6.07 Å². The molecule has 0 atom stereocenters. The predicted molar refractivity (Wildman–Crippen MR) is 72.7 cm³/mol. The molecule has 0 aliphatic rings. The molecule has 0 heterocycles. The van der Waals surface area contributed by atoms with Gasteiger partial charge in [-0.05, 0) is 31.0 Å². The molecule has 0 radical (unpaired) electrons. The number of benzene rings is 1. The van der Waals surface area contributed by atoms with Gasteiger partial charge in [0.2, 0.25) is 0 Å². The van der Waals surface area contributed by atoms with E-state index in [-0.39, 0.29) is 23.7 Å². The van der Waals surface area contributed by atoms with Gasteiger partial charge >= 0.3 is 6.18 Å². The van der Waals surface area contributed by atoms with E-state index in [1.807, 2.05) is 0 Å². The highest BCUT2D eigenvalue weighted by Crippen LogP contribution is 2.34. The maximum absolute atomic E-state index is 12.0. The molecule has 0 aliphatic heterocycles. The summed E-state index contributed by atoms with van der Waals surface area (Å²) in [5.41, 5.74) is 0.464. The van der Waals surface area contributed by atoms with Gasteiger partial charge in [-0.3, -0.25) is 0 Å². The number of ether oxygens (including phenoxy) is 1. The molecule has 20 heavy (non-hydrogen) atoms. The van der Waals surface area contributed by atoms with Crippen LogP contribution in [0.5, 0.6) is 5.75 Å². The molecule has 0 N–H and O–H groups in total. The van der Waals surface area contributed by atoms with Crippen LogP contribution in [0.25, 0.3) is 0 Å². The molecule has 0 aromatic heterocycles. The Morgan fingerprint density at radius 1 is 1.35 bits per heavy atom. The molecule has 1 aromatic carbocycles. The molecule has 3 nitrogen and oxygen atoms in total. The lowest BCUT2D eigenvalue weighted by Crippen LogP contribution is -2.11. The summed E-state index contributed by atoms with van der Waals surface area (Å²) in [6.07, 6.45) is -5.52. The van der Waals surface area contributed by atoms with Gasteiger partial charge in [0.25, 0.3) is 9.05 Å². The van der Waals surface area contributed by atoms with Gasteiger partial charge in [0.15, 0.2) is 0 Å². The summed E-state index contributed by atoms with van der Waals surface area (Å²) in [4.78, 5) is -0.266. The number of hydrogen-bond donors (Lipinski definition) is 0. The molecule has 114 valence electrons. The SMILES string of the molecule is Cc1cc(Br)cc(S(=O)(=O)Cl)c1OCCCC(F)(F)F. The Morgan fingerprint density at radius 3 is 2.45 bits per heavy atom. The zero-order chi connectivity index (χ0) is 15.6. The van der Waals surface area contributed by atoms with E-state index in [9.17, 15) is 21.6 Å². The molecule has 9 heteroatoms. The van der Waals surface area contributed by atoms with Crippen LogP contribution < -0.4 is 4.74 Å².